The monoisotopic (exact) mass is 446 g/mol. The molecule has 1 aromatic heterocycles. The van der Waals surface area contributed by atoms with Crippen molar-refractivity contribution in [3.05, 3.63) is 74.0 Å². The quantitative estimate of drug-likeness (QED) is 0.285. The number of hydrogen-bond donors (Lipinski definition) is 1. The molecule has 0 fully saturated rings. The molecule has 1 unspecified atom stereocenters. The highest BCUT2D eigenvalue weighted by Gasteiger charge is 2.27. The summed E-state index contributed by atoms with van der Waals surface area (Å²) < 4.78 is 7.04. The van der Waals surface area contributed by atoms with E-state index < -0.39 is 12.0 Å². The van der Waals surface area contributed by atoms with Crippen LogP contribution in [0, 0.1) is 3.95 Å². The first-order chi connectivity index (χ1) is 14.0. The van der Waals surface area contributed by atoms with Crippen molar-refractivity contribution in [1.82, 2.24) is 4.57 Å². The zero-order chi connectivity index (χ0) is 20.8. The maximum Gasteiger partial charge on any atom is 0.329 e. The molecular weight excluding hydrogens is 428 g/mol. The van der Waals surface area contributed by atoms with Gasteiger partial charge in [0.05, 0.1) is 18.5 Å². The van der Waals surface area contributed by atoms with Crippen LogP contribution >= 0.6 is 35.2 Å². The number of carbonyl (C=O) groups is 1. The average molecular weight is 447 g/mol. The van der Waals surface area contributed by atoms with Gasteiger partial charge in [-0.2, -0.15) is 0 Å². The number of carbonyl (C=O) groups excluding carboxylic acids is 1. The highest BCUT2D eigenvalue weighted by Crippen LogP contribution is 2.31. The third-order valence-corrected chi connectivity index (χ3v) is 5.72. The molecule has 0 amide bonds. The van der Waals surface area contributed by atoms with Crippen LogP contribution in [-0.4, -0.2) is 28.5 Å². The van der Waals surface area contributed by atoms with Crippen LogP contribution in [0.2, 0.25) is 5.02 Å². The van der Waals surface area contributed by atoms with E-state index in [2.05, 4.69) is 4.99 Å². The summed E-state index contributed by atoms with van der Waals surface area (Å²) in [6.45, 7) is 1.99. The summed E-state index contributed by atoms with van der Waals surface area (Å²) >= 11 is 12.5. The highest BCUT2D eigenvalue weighted by molar-refractivity contribution is 7.73. The van der Waals surface area contributed by atoms with Crippen LogP contribution in [0.4, 0.5) is 5.69 Å². The lowest BCUT2D eigenvalue weighted by atomic mass is 10.1. The number of aliphatic imine (C=N–C) groups is 1. The first-order valence-electron chi connectivity index (χ1n) is 8.94. The van der Waals surface area contributed by atoms with Gasteiger partial charge in [-0.3, -0.25) is 9.56 Å². The lowest BCUT2D eigenvalue weighted by molar-refractivity contribution is -0.147. The molecule has 0 saturated carbocycles. The number of benzene rings is 2. The maximum atomic E-state index is 12.6. The smallest absolute Gasteiger partial charge is 0.329 e. The molecule has 5 nitrogen and oxygen atoms in total. The van der Waals surface area contributed by atoms with Crippen molar-refractivity contribution in [2.45, 2.75) is 19.4 Å². The van der Waals surface area contributed by atoms with Crippen LogP contribution in [0.5, 0.6) is 5.88 Å². The molecule has 3 rings (SSSR count). The van der Waals surface area contributed by atoms with Gasteiger partial charge in [-0.15, -0.1) is 0 Å². The molecule has 29 heavy (non-hydrogen) atoms. The maximum absolute atomic E-state index is 12.6. The lowest BCUT2D eigenvalue weighted by Gasteiger charge is -2.18. The van der Waals surface area contributed by atoms with Crippen molar-refractivity contribution in [2.24, 2.45) is 4.99 Å². The Labute approximate surface area is 182 Å². The Bertz CT molecular complexity index is 1060. The van der Waals surface area contributed by atoms with Crippen molar-refractivity contribution in [1.29, 1.82) is 0 Å². The summed E-state index contributed by atoms with van der Waals surface area (Å²) in [6.07, 6.45) is 1.88. The second-order valence-electron chi connectivity index (χ2n) is 6.12. The molecule has 2 aromatic carbocycles. The lowest BCUT2D eigenvalue weighted by Crippen LogP contribution is -2.24. The molecule has 0 radical (unpaired) electrons. The van der Waals surface area contributed by atoms with Crippen molar-refractivity contribution in [2.75, 3.05) is 6.61 Å². The minimum atomic E-state index is -0.765. The van der Waals surface area contributed by atoms with Crippen molar-refractivity contribution in [3.63, 3.8) is 0 Å². The van der Waals surface area contributed by atoms with Gasteiger partial charge < -0.3 is 9.84 Å². The fourth-order valence-corrected chi connectivity index (χ4v) is 4.17. The van der Waals surface area contributed by atoms with E-state index in [1.165, 1.54) is 22.1 Å². The van der Waals surface area contributed by atoms with Crippen LogP contribution in [0.3, 0.4) is 0 Å². The summed E-state index contributed by atoms with van der Waals surface area (Å²) in [7, 11) is 0. The normalized spacial score (nSPS) is 12.2. The Kier molecular flexibility index (Phi) is 7.19. The van der Waals surface area contributed by atoms with E-state index in [4.69, 9.17) is 28.6 Å². The molecule has 1 N–H and O–H groups in total. The van der Waals surface area contributed by atoms with E-state index in [-0.39, 0.29) is 12.5 Å². The average Bonchev–Trinajstić information content (AvgIpc) is 3.00. The molecular formula is C21H19ClN2O3S2. The Balaban J connectivity index is 1.94. The number of aromatic nitrogens is 1. The first kappa shape index (κ1) is 21.2. The Morgan fingerprint density at radius 3 is 2.62 bits per heavy atom. The van der Waals surface area contributed by atoms with Gasteiger partial charge >= 0.3 is 5.97 Å². The fraction of sp³-hybridized carbons (Fsp3) is 0.190. The number of ether oxygens (including phenoxy) is 1. The SMILES string of the molecule is CCOC(=O)C(Cc1ccccc1)n1c(O)c(C=Nc2ccc(Cl)cc2)sc1=S. The van der Waals surface area contributed by atoms with Gasteiger partial charge in [0.2, 0.25) is 5.88 Å². The van der Waals surface area contributed by atoms with Gasteiger partial charge in [0.1, 0.15) is 10.9 Å². The van der Waals surface area contributed by atoms with Crippen LogP contribution in [0.15, 0.2) is 59.6 Å². The largest absolute Gasteiger partial charge is 0.493 e. The number of esters is 1. The number of halogens is 1. The van der Waals surface area contributed by atoms with E-state index in [0.29, 0.717) is 26.0 Å². The van der Waals surface area contributed by atoms with Crippen LogP contribution in [0.1, 0.15) is 23.4 Å². The first-order valence-corrected chi connectivity index (χ1v) is 10.5. The third kappa shape index (κ3) is 5.32. The summed E-state index contributed by atoms with van der Waals surface area (Å²) in [5.41, 5.74) is 1.63. The second-order valence-corrected chi connectivity index (χ2v) is 8.23. The fourth-order valence-electron chi connectivity index (χ4n) is 2.77. The topological polar surface area (TPSA) is 63.8 Å². The summed E-state index contributed by atoms with van der Waals surface area (Å²) in [5.74, 6) is -0.548. The Morgan fingerprint density at radius 1 is 1.28 bits per heavy atom. The van der Waals surface area contributed by atoms with Gasteiger partial charge in [0.25, 0.3) is 0 Å². The molecule has 3 aromatic rings. The molecule has 0 spiro atoms. The predicted molar refractivity (Wildman–Crippen MR) is 119 cm³/mol. The molecule has 0 saturated heterocycles. The number of nitrogens with zero attached hydrogens (tertiary/aromatic N) is 2. The van der Waals surface area contributed by atoms with Gasteiger partial charge in [-0.25, -0.2) is 4.79 Å². The van der Waals surface area contributed by atoms with Crippen LogP contribution in [0.25, 0.3) is 0 Å². The minimum Gasteiger partial charge on any atom is -0.493 e. The van der Waals surface area contributed by atoms with Crippen molar-refractivity contribution < 1.29 is 14.6 Å². The number of rotatable bonds is 7. The van der Waals surface area contributed by atoms with Gasteiger partial charge in [0, 0.05) is 11.4 Å². The van der Waals surface area contributed by atoms with E-state index >= 15 is 0 Å². The van der Waals surface area contributed by atoms with Crippen molar-refractivity contribution >= 4 is 53.0 Å². The van der Waals surface area contributed by atoms with E-state index in [1.807, 2.05) is 30.3 Å². The number of hydrogen-bond acceptors (Lipinski definition) is 6. The molecule has 0 aliphatic carbocycles. The molecule has 1 atom stereocenters. The van der Waals surface area contributed by atoms with Gasteiger partial charge in [0.15, 0.2) is 3.95 Å². The van der Waals surface area contributed by atoms with E-state index in [1.54, 1.807) is 31.2 Å². The summed E-state index contributed by atoms with van der Waals surface area (Å²) in [6, 6.07) is 15.8. The third-order valence-electron chi connectivity index (χ3n) is 4.14. The molecule has 0 aliphatic rings. The van der Waals surface area contributed by atoms with E-state index in [9.17, 15) is 9.90 Å². The van der Waals surface area contributed by atoms with Crippen molar-refractivity contribution in [3.8, 4) is 5.88 Å². The summed E-state index contributed by atoms with van der Waals surface area (Å²) in [5, 5.41) is 11.4. The number of thiazole rings is 1. The van der Waals surface area contributed by atoms with Crippen LogP contribution in [-0.2, 0) is 16.0 Å². The number of aromatic hydroxyl groups is 1. The van der Waals surface area contributed by atoms with E-state index in [0.717, 1.165) is 5.56 Å². The van der Waals surface area contributed by atoms with Crippen LogP contribution < -0.4 is 0 Å². The molecule has 8 heteroatoms. The Morgan fingerprint density at radius 2 is 1.97 bits per heavy atom. The predicted octanol–water partition coefficient (Wildman–Crippen LogP) is 5.74. The highest BCUT2D eigenvalue weighted by atomic mass is 35.5. The van der Waals surface area contributed by atoms with Gasteiger partial charge in [-0.05, 0) is 49.0 Å². The standard InChI is InChI=1S/C21H19ClN2O3S2/c1-2-27-20(26)17(12-14-6-4-3-5-7-14)24-19(25)18(29-21(24)28)13-23-16-10-8-15(22)9-11-16/h3-11,13,17,25H,2,12H2,1H3. The zero-order valence-electron chi connectivity index (χ0n) is 15.6. The zero-order valence-corrected chi connectivity index (χ0v) is 18.0. The second kappa shape index (κ2) is 9.82. The molecule has 1 heterocycles. The minimum absolute atomic E-state index is 0.105. The molecule has 150 valence electrons. The molecule has 0 aliphatic heterocycles. The molecule has 0 bridgehead atoms. The van der Waals surface area contributed by atoms with Gasteiger partial charge in [-0.1, -0.05) is 53.3 Å². The Hall–Kier alpha value is -2.48. The summed E-state index contributed by atoms with van der Waals surface area (Å²) in [4.78, 5) is 17.4.